The number of nitrogens with zero attached hydrogens (tertiary/aromatic N) is 1. The number of ether oxygens (including phenoxy) is 1. The van der Waals surface area contributed by atoms with Gasteiger partial charge in [0.15, 0.2) is 5.96 Å². The minimum absolute atomic E-state index is 0.206. The van der Waals surface area contributed by atoms with E-state index in [2.05, 4.69) is 15.6 Å². The van der Waals surface area contributed by atoms with Gasteiger partial charge in [0.2, 0.25) is 0 Å². The quantitative estimate of drug-likeness (QED) is 0.482. The number of hydrogen-bond acceptors (Lipinski definition) is 2. The molecule has 0 fully saturated rings. The summed E-state index contributed by atoms with van der Waals surface area (Å²) in [5.41, 5.74) is 1.10. The van der Waals surface area contributed by atoms with Crippen molar-refractivity contribution >= 4 is 5.96 Å². The van der Waals surface area contributed by atoms with Crippen LogP contribution < -0.4 is 15.4 Å². The van der Waals surface area contributed by atoms with E-state index in [-0.39, 0.29) is 6.54 Å². The molecule has 1 aromatic carbocycles. The van der Waals surface area contributed by atoms with Gasteiger partial charge in [-0.3, -0.25) is 4.99 Å². The number of alkyl halides is 3. The lowest BCUT2D eigenvalue weighted by molar-refractivity contribution is -0.132. The maximum Gasteiger partial charge on any atom is 0.390 e. The minimum atomic E-state index is -4.17. The summed E-state index contributed by atoms with van der Waals surface area (Å²) in [7, 11) is 1.50. The molecule has 0 atom stereocenters. The Labute approximate surface area is 122 Å². The zero-order valence-electron chi connectivity index (χ0n) is 12.1. The van der Waals surface area contributed by atoms with Crippen molar-refractivity contribution in [3.63, 3.8) is 0 Å². The topological polar surface area (TPSA) is 45.7 Å². The molecule has 0 amide bonds. The number of nitrogens with one attached hydrogen (secondary N) is 2. The molecule has 2 N–H and O–H groups in total. The Hall–Kier alpha value is -1.92. The van der Waals surface area contributed by atoms with Crippen LogP contribution in [-0.2, 0) is 0 Å². The minimum Gasteiger partial charge on any atom is -0.492 e. The predicted molar refractivity (Wildman–Crippen MR) is 76.7 cm³/mol. The number of hydrogen-bond donors (Lipinski definition) is 2. The lowest BCUT2D eigenvalue weighted by Crippen LogP contribution is -2.40. The summed E-state index contributed by atoms with van der Waals surface area (Å²) in [4.78, 5) is 3.84. The highest BCUT2D eigenvalue weighted by Crippen LogP contribution is 2.18. The summed E-state index contributed by atoms with van der Waals surface area (Å²) in [6.45, 7) is 2.60. The van der Waals surface area contributed by atoms with Crippen LogP contribution in [0.5, 0.6) is 5.75 Å². The molecule has 0 heterocycles. The zero-order chi connectivity index (χ0) is 15.7. The fourth-order valence-corrected chi connectivity index (χ4v) is 1.59. The Morgan fingerprint density at radius 3 is 2.57 bits per heavy atom. The predicted octanol–water partition coefficient (Wildman–Crippen LogP) is 2.49. The SMILES string of the molecule is CN=C(NCCOc1cccc(C)c1)NCCC(F)(F)F. The summed E-state index contributed by atoms with van der Waals surface area (Å²) < 4.78 is 41.6. The van der Waals surface area contributed by atoms with Crippen molar-refractivity contribution < 1.29 is 17.9 Å². The van der Waals surface area contributed by atoms with Crippen LogP contribution in [0.15, 0.2) is 29.3 Å². The molecule has 4 nitrogen and oxygen atoms in total. The number of benzene rings is 1. The van der Waals surface area contributed by atoms with Crippen LogP contribution in [0.4, 0.5) is 13.2 Å². The average molecular weight is 303 g/mol. The lowest BCUT2D eigenvalue weighted by Gasteiger charge is -2.13. The van der Waals surface area contributed by atoms with Gasteiger partial charge in [-0.2, -0.15) is 13.2 Å². The first-order valence-electron chi connectivity index (χ1n) is 6.61. The van der Waals surface area contributed by atoms with Gasteiger partial charge in [0.25, 0.3) is 0 Å². The maximum absolute atomic E-state index is 12.0. The van der Waals surface area contributed by atoms with Crippen LogP contribution >= 0.6 is 0 Å². The largest absolute Gasteiger partial charge is 0.492 e. The van der Waals surface area contributed by atoms with Crippen molar-refractivity contribution in [1.82, 2.24) is 10.6 Å². The number of aliphatic imine (C=N–C) groups is 1. The Morgan fingerprint density at radius 2 is 1.95 bits per heavy atom. The van der Waals surface area contributed by atoms with Crippen molar-refractivity contribution in [2.75, 3.05) is 26.7 Å². The van der Waals surface area contributed by atoms with Crippen LogP contribution in [-0.4, -0.2) is 38.9 Å². The van der Waals surface area contributed by atoms with Crippen LogP contribution in [0, 0.1) is 6.92 Å². The molecule has 0 aliphatic heterocycles. The van der Waals surface area contributed by atoms with Gasteiger partial charge >= 0.3 is 6.18 Å². The Kier molecular flexibility index (Phi) is 6.84. The molecule has 0 saturated heterocycles. The highest BCUT2D eigenvalue weighted by molar-refractivity contribution is 5.79. The molecule has 0 spiro atoms. The highest BCUT2D eigenvalue weighted by atomic mass is 19.4. The average Bonchev–Trinajstić information content (AvgIpc) is 2.40. The monoisotopic (exact) mass is 303 g/mol. The first-order valence-corrected chi connectivity index (χ1v) is 6.61. The molecule has 0 saturated carbocycles. The third kappa shape index (κ3) is 8.06. The molecule has 118 valence electrons. The van der Waals surface area contributed by atoms with Gasteiger partial charge in [0.1, 0.15) is 12.4 Å². The van der Waals surface area contributed by atoms with Crippen molar-refractivity contribution in [3.8, 4) is 5.75 Å². The molecule has 1 aromatic rings. The Balaban J connectivity index is 2.21. The smallest absolute Gasteiger partial charge is 0.390 e. The fourth-order valence-electron chi connectivity index (χ4n) is 1.59. The highest BCUT2D eigenvalue weighted by Gasteiger charge is 2.26. The molecule has 0 unspecified atom stereocenters. The summed E-state index contributed by atoms with van der Waals surface area (Å²) in [6.07, 6.45) is -5.06. The van der Waals surface area contributed by atoms with E-state index in [4.69, 9.17) is 4.74 Å². The van der Waals surface area contributed by atoms with E-state index in [1.807, 2.05) is 31.2 Å². The first-order chi connectivity index (χ1) is 9.90. The molecule has 0 aliphatic rings. The summed E-state index contributed by atoms with van der Waals surface area (Å²) in [5.74, 6) is 1.09. The van der Waals surface area contributed by atoms with E-state index in [9.17, 15) is 13.2 Å². The Bertz CT molecular complexity index is 461. The fraction of sp³-hybridized carbons (Fsp3) is 0.500. The molecule has 7 heteroatoms. The Morgan fingerprint density at radius 1 is 1.24 bits per heavy atom. The second-order valence-corrected chi connectivity index (χ2v) is 4.46. The molecule has 0 bridgehead atoms. The van der Waals surface area contributed by atoms with Crippen LogP contribution in [0.2, 0.25) is 0 Å². The second-order valence-electron chi connectivity index (χ2n) is 4.46. The van der Waals surface area contributed by atoms with Crippen LogP contribution in [0.3, 0.4) is 0 Å². The van der Waals surface area contributed by atoms with E-state index in [0.29, 0.717) is 19.1 Å². The van der Waals surface area contributed by atoms with Crippen LogP contribution in [0.1, 0.15) is 12.0 Å². The third-order valence-electron chi connectivity index (χ3n) is 2.58. The van der Waals surface area contributed by atoms with Crippen molar-refractivity contribution in [3.05, 3.63) is 29.8 Å². The first kappa shape index (κ1) is 17.1. The molecular weight excluding hydrogens is 283 g/mol. The zero-order valence-corrected chi connectivity index (χ0v) is 12.1. The van der Waals surface area contributed by atoms with Gasteiger partial charge in [0, 0.05) is 13.6 Å². The second kappa shape index (κ2) is 8.39. The molecule has 1 rings (SSSR count). The summed E-state index contributed by atoms with van der Waals surface area (Å²) >= 11 is 0. The van der Waals surface area contributed by atoms with E-state index >= 15 is 0 Å². The van der Waals surface area contributed by atoms with Gasteiger partial charge in [-0.25, -0.2) is 0 Å². The molecule has 0 aliphatic carbocycles. The summed E-state index contributed by atoms with van der Waals surface area (Å²) in [6, 6.07) is 7.63. The molecular formula is C14H20F3N3O. The maximum atomic E-state index is 12.0. The van der Waals surface area contributed by atoms with Crippen molar-refractivity contribution in [1.29, 1.82) is 0 Å². The number of halogens is 3. The van der Waals surface area contributed by atoms with E-state index in [1.54, 1.807) is 0 Å². The van der Waals surface area contributed by atoms with Gasteiger partial charge < -0.3 is 15.4 Å². The van der Waals surface area contributed by atoms with E-state index in [0.717, 1.165) is 11.3 Å². The van der Waals surface area contributed by atoms with Gasteiger partial charge in [-0.05, 0) is 24.6 Å². The molecule has 0 aromatic heterocycles. The number of aryl methyl sites for hydroxylation is 1. The number of guanidine groups is 1. The molecule has 0 radical (unpaired) electrons. The van der Waals surface area contributed by atoms with Crippen molar-refractivity contribution in [2.45, 2.75) is 19.5 Å². The van der Waals surface area contributed by atoms with Gasteiger partial charge in [0.05, 0.1) is 13.0 Å². The summed E-state index contributed by atoms with van der Waals surface area (Å²) in [5, 5.41) is 5.48. The van der Waals surface area contributed by atoms with Crippen molar-refractivity contribution in [2.24, 2.45) is 4.99 Å². The van der Waals surface area contributed by atoms with E-state index in [1.165, 1.54) is 7.05 Å². The molecule has 21 heavy (non-hydrogen) atoms. The normalized spacial score (nSPS) is 12.1. The van der Waals surface area contributed by atoms with Gasteiger partial charge in [-0.1, -0.05) is 12.1 Å². The van der Waals surface area contributed by atoms with E-state index < -0.39 is 12.6 Å². The third-order valence-corrected chi connectivity index (χ3v) is 2.58. The van der Waals surface area contributed by atoms with Gasteiger partial charge in [-0.15, -0.1) is 0 Å². The lowest BCUT2D eigenvalue weighted by atomic mass is 10.2. The van der Waals surface area contributed by atoms with Crippen LogP contribution in [0.25, 0.3) is 0 Å². The standard InChI is InChI=1S/C14H20F3N3O/c1-11-4-3-5-12(10-11)21-9-8-20-13(18-2)19-7-6-14(15,16)17/h3-5,10H,6-9H2,1-2H3,(H2,18,19,20). The number of rotatable bonds is 6.